The van der Waals surface area contributed by atoms with E-state index in [4.69, 9.17) is 17.0 Å². The van der Waals surface area contributed by atoms with Gasteiger partial charge in [0.15, 0.2) is 11.5 Å². The van der Waals surface area contributed by atoms with Crippen molar-refractivity contribution in [2.45, 2.75) is 32.6 Å². The van der Waals surface area contributed by atoms with Gasteiger partial charge in [0.2, 0.25) is 0 Å². The Morgan fingerprint density at radius 1 is 1.35 bits per heavy atom. The Balaban J connectivity index is 2.09. The molecule has 0 unspecified atom stereocenters. The maximum atomic E-state index is 12.5. The number of hydrogen-bond donors (Lipinski definition) is 1. The fourth-order valence-corrected chi connectivity index (χ4v) is 3.63. The third-order valence-electron chi connectivity index (χ3n) is 3.61. The summed E-state index contributed by atoms with van der Waals surface area (Å²) in [6.07, 6.45) is 6.22. The molecule has 0 saturated carbocycles. The molecule has 1 aromatic carbocycles. The second-order valence-electron chi connectivity index (χ2n) is 5.33. The van der Waals surface area contributed by atoms with E-state index < -0.39 is 0 Å². The molecule has 4 nitrogen and oxygen atoms in total. The van der Waals surface area contributed by atoms with Crippen molar-refractivity contribution in [1.29, 1.82) is 0 Å². The van der Waals surface area contributed by atoms with Crippen molar-refractivity contribution < 1.29 is 14.6 Å². The average molecular weight is 351 g/mol. The first kappa shape index (κ1) is 17.8. The molecule has 1 N–H and O–H groups in total. The van der Waals surface area contributed by atoms with Crippen LogP contribution in [0.4, 0.5) is 0 Å². The zero-order chi connectivity index (χ0) is 16.8. The van der Waals surface area contributed by atoms with Crippen LogP contribution in [0.2, 0.25) is 0 Å². The predicted molar refractivity (Wildman–Crippen MR) is 98.7 cm³/mol. The number of phenolic OH excluding ortho intramolecular Hbond substituents is 1. The van der Waals surface area contributed by atoms with Gasteiger partial charge in [0, 0.05) is 6.54 Å². The smallest absolute Gasteiger partial charge is 0.266 e. The molecule has 2 rings (SSSR count). The Bertz CT molecular complexity index is 628. The number of rotatable bonds is 7. The molecule has 23 heavy (non-hydrogen) atoms. The Labute approximate surface area is 146 Å². The molecule has 1 aromatic rings. The fraction of sp³-hybridized carbons (Fsp3) is 0.412. The molecule has 1 saturated heterocycles. The summed E-state index contributed by atoms with van der Waals surface area (Å²) in [6, 6.07) is 4.99. The molecule has 1 aliphatic heterocycles. The van der Waals surface area contributed by atoms with Gasteiger partial charge in [0.25, 0.3) is 5.91 Å². The van der Waals surface area contributed by atoms with E-state index >= 15 is 0 Å². The molecular formula is C17H21NO3S2. The number of benzene rings is 1. The number of ether oxygens (including phenoxy) is 1. The number of phenols is 1. The molecule has 0 radical (unpaired) electrons. The number of methoxy groups -OCH3 is 1. The maximum absolute atomic E-state index is 12.5. The van der Waals surface area contributed by atoms with Crippen LogP contribution in [0, 0.1) is 0 Å². The summed E-state index contributed by atoms with van der Waals surface area (Å²) in [5, 5.41) is 9.63. The van der Waals surface area contributed by atoms with Crippen LogP contribution in [0.3, 0.4) is 0 Å². The van der Waals surface area contributed by atoms with Crippen LogP contribution in [0.15, 0.2) is 23.1 Å². The molecule has 0 aliphatic carbocycles. The summed E-state index contributed by atoms with van der Waals surface area (Å²) in [5.74, 6) is 0.422. The molecule has 1 fully saturated rings. The largest absolute Gasteiger partial charge is 0.504 e. The highest BCUT2D eigenvalue weighted by atomic mass is 32.2. The van der Waals surface area contributed by atoms with Crippen molar-refractivity contribution in [3.05, 3.63) is 28.7 Å². The topological polar surface area (TPSA) is 49.8 Å². The quantitative estimate of drug-likeness (QED) is 0.454. The highest BCUT2D eigenvalue weighted by Crippen LogP contribution is 2.34. The van der Waals surface area contributed by atoms with E-state index in [1.807, 2.05) is 0 Å². The summed E-state index contributed by atoms with van der Waals surface area (Å²) >= 11 is 6.64. The second-order valence-corrected chi connectivity index (χ2v) is 7.00. The summed E-state index contributed by atoms with van der Waals surface area (Å²) < 4.78 is 5.70. The van der Waals surface area contributed by atoms with Gasteiger partial charge in [0.1, 0.15) is 4.32 Å². The standard InChI is InChI=1S/C17H21NO3S2/c1-3-4-5-6-9-18-16(20)15(23-17(18)22)11-12-7-8-13(19)14(10-12)21-2/h7-8,10-11,19H,3-6,9H2,1-2H3/b15-11-. The van der Waals surface area contributed by atoms with E-state index in [0.717, 1.165) is 18.4 Å². The lowest BCUT2D eigenvalue weighted by atomic mass is 10.1. The van der Waals surface area contributed by atoms with Crippen LogP contribution in [0.5, 0.6) is 11.5 Å². The number of unbranched alkanes of at least 4 members (excludes halogenated alkanes) is 3. The van der Waals surface area contributed by atoms with Crippen molar-refractivity contribution in [2.75, 3.05) is 13.7 Å². The first-order valence-electron chi connectivity index (χ1n) is 7.69. The molecule has 0 spiro atoms. The number of carbonyl (C=O) groups is 1. The number of thioether (sulfide) groups is 1. The average Bonchev–Trinajstić information content (AvgIpc) is 2.80. The maximum Gasteiger partial charge on any atom is 0.266 e. The first-order chi connectivity index (χ1) is 11.1. The third-order valence-corrected chi connectivity index (χ3v) is 4.99. The van der Waals surface area contributed by atoms with Crippen LogP contribution in [0.25, 0.3) is 6.08 Å². The SMILES string of the molecule is CCCCCCN1C(=O)/C(=C/c2ccc(O)c(OC)c2)SC1=S. The zero-order valence-corrected chi connectivity index (χ0v) is 15.0. The van der Waals surface area contributed by atoms with E-state index in [9.17, 15) is 9.90 Å². The summed E-state index contributed by atoms with van der Waals surface area (Å²) in [6.45, 7) is 2.84. The van der Waals surface area contributed by atoms with Gasteiger partial charge in [-0.3, -0.25) is 9.69 Å². The number of aromatic hydroxyl groups is 1. The summed E-state index contributed by atoms with van der Waals surface area (Å²) in [7, 11) is 1.49. The normalized spacial score (nSPS) is 16.4. The van der Waals surface area contributed by atoms with Crippen LogP contribution >= 0.6 is 24.0 Å². The minimum atomic E-state index is -0.0384. The van der Waals surface area contributed by atoms with E-state index in [1.165, 1.54) is 31.7 Å². The number of nitrogens with zero attached hydrogens (tertiary/aromatic N) is 1. The van der Waals surface area contributed by atoms with Crippen molar-refractivity contribution in [3.63, 3.8) is 0 Å². The molecular weight excluding hydrogens is 330 g/mol. The van der Waals surface area contributed by atoms with Gasteiger partial charge in [-0.2, -0.15) is 0 Å². The number of amides is 1. The van der Waals surface area contributed by atoms with Crippen molar-refractivity contribution >= 4 is 40.3 Å². The fourth-order valence-electron chi connectivity index (χ4n) is 2.32. The van der Waals surface area contributed by atoms with Crippen molar-refractivity contribution in [3.8, 4) is 11.5 Å². The zero-order valence-electron chi connectivity index (χ0n) is 13.4. The lowest BCUT2D eigenvalue weighted by Crippen LogP contribution is -2.28. The second kappa shape index (κ2) is 8.36. The monoisotopic (exact) mass is 351 g/mol. The van der Waals surface area contributed by atoms with Crippen LogP contribution < -0.4 is 4.74 Å². The summed E-state index contributed by atoms with van der Waals surface area (Å²) in [5.41, 5.74) is 0.797. The molecule has 0 aromatic heterocycles. The Morgan fingerprint density at radius 3 is 2.83 bits per heavy atom. The van der Waals surface area contributed by atoms with E-state index in [1.54, 1.807) is 29.2 Å². The molecule has 1 amide bonds. The van der Waals surface area contributed by atoms with Crippen LogP contribution in [-0.2, 0) is 4.79 Å². The Morgan fingerprint density at radius 2 is 2.13 bits per heavy atom. The van der Waals surface area contributed by atoms with E-state index in [-0.39, 0.29) is 11.7 Å². The lowest BCUT2D eigenvalue weighted by molar-refractivity contribution is -0.122. The van der Waals surface area contributed by atoms with Gasteiger partial charge >= 0.3 is 0 Å². The highest BCUT2D eigenvalue weighted by molar-refractivity contribution is 8.26. The van der Waals surface area contributed by atoms with E-state index in [0.29, 0.717) is 21.5 Å². The summed E-state index contributed by atoms with van der Waals surface area (Å²) in [4.78, 5) is 14.8. The third kappa shape index (κ3) is 4.48. The lowest BCUT2D eigenvalue weighted by Gasteiger charge is -2.13. The Kier molecular flexibility index (Phi) is 6.47. The van der Waals surface area contributed by atoms with Gasteiger partial charge in [-0.25, -0.2) is 0 Å². The van der Waals surface area contributed by atoms with Gasteiger partial charge < -0.3 is 9.84 Å². The minimum Gasteiger partial charge on any atom is -0.504 e. The van der Waals surface area contributed by atoms with Crippen molar-refractivity contribution in [2.24, 2.45) is 0 Å². The predicted octanol–water partition coefficient (Wildman–Crippen LogP) is 4.18. The molecule has 1 heterocycles. The highest BCUT2D eigenvalue weighted by Gasteiger charge is 2.31. The van der Waals surface area contributed by atoms with Gasteiger partial charge in [-0.05, 0) is 30.2 Å². The van der Waals surface area contributed by atoms with Crippen LogP contribution in [0.1, 0.15) is 38.2 Å². The van der Waals surface area contributed by atoms with Gasteiger partial charge in [-0.1, -0.05) is 56.2 Å². The number of thiocarbonyl (C=S) groups is 1. The van der Waals surface area contributed by atoms with Crippen molar-refractivity contribution in [1.82, 2.24) is 4.90 Å². The van der Waals surface area contributed by atoms with E-state index in [2.05, 4.69) is 6.92 Å². The molecule has 0 bridgehead atoms. The van der Waals surface area contributed by atoms with Gasteiger partial charge in [0.05, 0.1) is 12.0 Å². The number of hydrogen-bond acceptors (Lipinski definition) is 5. The number of carbonyl (C=O) groups excluding carboxylic acids is 1. The Hall–Kier alpha value is -1.53. The molecule has 0 atom stereocenters. The minimum absolute atomic E-state index is 0.0384. The molecule has 124 valence electrons. The van der Waals surface area contributed by atoms with Gasteiger partial charge in [-0.15, -0.1) is 0 Å². The first-order valence-corrected chi connectivity index (χ1v) is 8.91. The molecule has 1 aliphatic rings. The molecule has 6 heteroatoms. The van der Waals surface area contributed by atoms with Crippen LogP contribution in [-0.4, -0.2) is 33.9 Å².